The second-order valence-electron chi connectivity index (χ2n) is 5.25. The highest BCUT2D eigenvalue weighted by molar-refractivity contribution is 6.31. The summed E-state index contributed by atoms with van der Waals surface area (Å²) in [5.41, 5.74) is 1.28. The Morgan fingerprint density at radius 2 is 1.68 bits per heavy atom. The fourth-order valence-corrected chi connectivity index (χ4v) is 2.43. The van der Waals surface area contributed by atoms with E-state index >= 15 is 0 Å². The molecule has 0 aromatic heterocycles. The van der Waals surface area contributed by atoms with E-state index in [1.54, 1.807) is 30.3 Å². The average molecular weight is 357 g/mol. The molecule has 1 aliphatic rings. The van der Waals surface area contributed by atoms with Gasteiger partial charge in [-0.2, -0.15) is 0 Å². The Kier molecular flexibility index (Phi) is 4.81. The topological polar surface area (TPSA) is 84.5 Å². The third-order valence-electron chi connectivity index (χ3n) is 3.46. The van der Waals surface area contributed by atoms with Crippen LogP contribution in [0.25, 0.3) is 6.08 Å². The van der Waals surface area contributed by atoms with Crippen LogP contribution in [-0.4, -0.2) is 17.8 Å². The van der Waals surface area contributed by atoms with Crippen molar-refractivity contribution in [3.8, 4) is 5.75 Å². The van der Waals surface area contributed by atoms with Crippen LogP contribution in [-0.2, 0) is 16.2 Å². The third kappa shape index (κ3) is 4.05. The Morgan fingerprint density at radius 1 is 0.960 bits per heavy atom. The van der Waals surface area contributed by atoms with Gasteiger partial charge in [-0.25, -0.2) is 4.79 Å². The molecule has 25 heavy (non-hydrogen) atoms. The zero-order valence-electron chi connectivity index (χ0n) is 12.9. The number of benzene rings is 2. The van der Waals surface area contributed by atoms with Gasteiger partial charge in [0.25, 0.3) is 11.8 Å². The van der Waals surface area contributed by atoms with Crippen LogP contribution >= 0.6 is 11.6 Å². The monoisotopic (exact) mass is 356 g/mol. The van der Waals surface area contributed by atoms with Crippen molar-refractivity contribution >= 4 is 35.5 Å². The van der Waals surface area contributed by atoms with Crippen LogP contribution in [0, 0.1) is 0 Å². The van der Waals surface area contributed by atoms with E-state index in [9.17, 15) is 14.4 Å². The molecular weight excluding hydrogens is 344 g/mol. The molecule has 2 aromatic rings. The summed E-state index contributed by atoms with van der Waals surface area (Å²) in [6, 6.07) is 13.4. The first kappa shape index (κ1) is 16.7. The smallest absolute Gasteiger partial charge is 0.328 e. The van der Waals surface area contributed by atoms with Gasteiger partial charge in [0.2, 0.25) is 0 Å². The molecule has 4 amide bonds. The predicted molar refractivity (Wildman–Crippen MR) is 91.9 cm³/mol. The fourth-order valence-electron chi connectivity index (χ4n) is 2.24. The first-order chi connectivity index (χ1) is 12.0. The molecular formula is C18H13ClN2O4. The number of nitrogens with one attached hydrogen (secondary N) is 2. The summed E-state index contributed by atoms with van der Waals surface area (Å²) >= 11 is 6.09. The highest BCUT2D eigenvalue weighted by Crippen LogP contribution is 2.20. The first-order valence-electron chi connectivity index (χ1n) is 7.37. The quantitative estimate of drug-likeness (QED) is 0.651. The molecule has 2 N–H and O–H groups in total. The number of hydrogen-bond donors (Lipinski definition) is 2. The summed E-state index contributed by atoms with van der Waals surface area (Å²) in [4.78, 5) is 34.6. The van der Waals surface area contributed by atoms with E-state index in [4.69, 9.17) is 16.3 Å². The zero-order chi connectivity index (χ0) is 17.8. The van der Waals surface area contributed by atoms with Gasteiger partial charge >= 0.3 is 6.03 Å². The number of halogens is 1. The second kappa shape index (κ2) is 7.19. The summed E-state index contributed by atoms with van der Waals surface area (Å²) in [6.07, 6.45) is 1.39. The molecule has 2 aromatic carbocycles. The van der Waals surface area contributed by atoms with Crippen LogP contribution in [0.5, 0.6) is 5.75 Å². The summed E-state index contributed by atoms with van der Waals surface area (Å²) in [7, 11) is 0. The Hall–Kier alpha value is -3.12. The number of ether oxygens (including phenoxy) is 1. The van der Waals surface area contributed by atoms with Crippen LogP contribution in [0.3, 0.4) is 0 Å². The minimum Gasteiger partial charge on any atom is -0.489 e. The zero-order valence-corrected chi connectivity index (χ0v) is 13.7. The maximum atomic E-state index is 11.7. The van der Waals surface area contributed by atoms with Crippen LogP contribution < -0.4 is 15.4 Å². The van der Waals surface area contributed by atoms with E-state index < -0.39 is 17.8 Å². The van der Waals surface area contributed by atoms with Crippen molar-refractivity contribution in [1.82, 2.24) is 10.6 Å². The highest BCUT2D eigenvalue weighted by atomic mass is 35.5. The number of hydrogen-bond acceptors (Lipinski definition) is 4. The number of barbiturate groups is 1. The molecule has 0 aliphatic carbocycles. The van der Waals surface area contributed by atoms with E-state index in [1.807, 2.05) is 28.8 Å². The predicted octanol–water partition coefficient (Wildman–Crippen LogP) is 2.67. The third-order valence-corrected chi connectivity index (χ3v) is 3.83. The van der Waals surface area contributed by atoms with Crippen molar-refractivity contribution in [3.05, 3.63) is 70.3 Å². The van der Waals surface area contributed by atoms with Gasteiger partial charge in [-0.1, -0.05) is 41.9 Å². The van der Waals surface area contributed by atoms with Crippen LogP contribution in [0.1, 0.15) is 11.1 Å². The first-order valence-corrected chi connectivity index (χ1v) is 7.75. The van der Waals surface area contributed by atoms with E-state index in [2.05, 4.69) is 0 Å². The van der Waals surface area contributed by atoms with Gasteiger partial charge in [-0.05, 0) is 29.8 Å². The van der Waals surface area contributed by atoms with Crippen molar-refractivity contribution in [2.45, 2.75) is 6.61 Å². The molecule has 6 nitrogen and oxygen atoms in total. The number of imide groups is 2. The number of amides is 4. The Bertz CT molecular complexity index is 870. The maximum absolute atomic E-state index is 11.7. The second-order valence-corrected chi connectivity index (χ2v) is 5.66. The van der Waals surface area contributed by atoms with Gasteiger partial charge in [-0.3, -0.25) is 20.2 Å². The lowest BCUT2D eigenvalue weighted by atomic mass is 10.1. The molecule has 0 spiro atoms. The molecule has 0 radical (unpaired) electrons. The molecule has 3 rings (SSSR count). The summed E-state index contributed by atoms with van der Waals surface area (Å²) in [6.45, 7) is 0.287. The van der Waals surface area contributed by atoms with Crippen molar-refractivity contribution in [3.63, 3.8) is 0 Å². The van der Waals surface area contributed by atoms with Crippen molar-refractivity contribution in [2.24, 2.45) is 0 Å². The Labute approximate surface area is 148 Å². The Balaban J connectivity index is 1.76. The van der Waals surface area contributed by atoms with Crippen LogP contribution in [0.2, 0.25) is 5.02 Å². The molecule has 1 aliphatic heterocycles. The fraction of sp³-hybridized carbons (Fsp3) is 0.0556. The van der Waals surface area contributed by atoms with Crippen molar-refractivity contribution in [1.29, 1.82) is 0 Å². The minimum atomic E-state index is -0.830. The van der Waals surface area contributed by atoms with Crippen LogP contribution in [0.15, 0.2) is 54.1 Å². The Morgan fingerprint density at radius 3 is 2.40 bits per heavy atom. The van der Waals surface area contributed by atoms with E-state index in [0.29, 0.717) is 16.3 Å². The number of rotatable bonds is 4. The maximum Gasteiger partial charge on any atom is 0.328 e. The number of carbonyl (C=O) groups is 3. The average Bonchev–Trinajstić information content (AvgIpc) is 2.58. The summed E-state index contributed by atoms with van der Waals surface area (Å²) in [5.74, 6) is -0.922. The van der Waals surface area contributed by atoms with Gasteiger partial charge in [0, 0.05) is 10.6 Å². The normalized spacial score (nSPS) is 14.0. The van der Waals surface area contributed by atoms with Gasteiger partial charge < -0.3 is 4.74 Å². The largest absolute Gasteiger partial charge is 0.489 e. The molecule has 0 saturated carbocycles. The molecule has 0 unspecified atom stereocenters. The SMILES string of the molecule is O=C1NC(=O)C(=Cc2cccc(OCc3ccccc3Cl)c2)C(=O)N1. The van der Waals surface area contributed by atoms with Gasteiger partial charge in [-0.15, -0.1) is 0 Å². The molecule has 0 atom stereocenters. The standard InChI is InChI=1S/C18H13ClN2O4/c19-15-7-2-1-5-12(15)10-25-13-6-3-4-11(8-13)9-14-16(22)20-18(24)21-17(14)23/h1-9H,10H2,(H2,20,21,22,23,24). The van der Waals surface area contributed by atoms with Crippen LogP contribution in [0.4, 0.5) is 4.79 Å². The van der Waals surface area contributed by atoms with Crippen molar-refractivity contribution < 1.29 is 19.1 Å². The molecule has 1 heterocycles. The summed E-state index contributed by atoms with van der Waals surface area (Å²) in [5, 5.41) is 4.66. The molecule has 1 fully saturated rings. The van der Waals surface area contributed by atoms with Gasteiger partial charge in [0.15, 0.2) is 0 Å². The molecule has 126 valence electrons. The molecule has 1 saturated heterocycles. The van der Waals surface area contributed by atoms with E-state index in [-0.39, 0.29) is 12.2 Å². The molecule has 0 bridgehead atoms. The van der Waals surface area contributed by atoms with Crippen molar-refractivity contribution in [2.75, 3.05) is 0 Å². The lowest BCUT2D eigenvalue weighted by molar-refractivity contribution is -0.123. The number of carbonyl (C=O) groups excluding carboxylic acids is 3. The minimum absolute atomic E-state index is 0.150. The van der Waals surface area contributed by atoms with Gasteiger partial charge in [0.1, 0.15) is 17.9 Å². The summed E-state index contributed by atoms with van der Waals surface area (Å²) < 4.78 is 5.70. The molecule has 7 heteroatoms. The van der Waals surface area contributed by atoms with E-state index in [1.165, 1.54) is 6.08 Å². The van der Waals surface area contributed by atoms with Gasteiger partial charge in [0.05, 0.1) is 0 Å². The number of urea groups is 1. The lowest BCUT2D eigenvalue weighted by Crippen LogP contribution is -2.51. The van der Waals surface area contributed by atoms with E-state index in [0.717, 1.165) is 5.56 Å². The highest BCUT2D eigenvalue weighted by Gasteiger charge is 2.27. The lowest BCUT2D eigenvalue weighted by Gasteiger charge is -2.14.